The minimum absolute atomic E-state index is 0.552. The summed E-state index contributed by atoms with van der Waals surface area (Å²) < 4.78 is 6.14. The SMILES string of the molecule is CCC(C)N(CCOC)Cc1ccc(N)c(Br)c1. The van der Waals surface area contributed by atoms with Crippen molar-refractivity contribution in [1.82, 2.24) is 4.90 Å². The molecule has 18 heavy (non-hydrogen) atoms. The lowest BCUT2D eigenvalue weighted by atomic mass is 10.1. The molecule has 0 heterocycles. The summed E-state index contributed by atoms with van der Waals surface area (Å²) in [5.41, 5.74) is 7.86. The second-order valence-electron chi connectivity index (χ2n) is 4.58. The van der Waals surface area contributed by atoms with Crippen LogP contribution < -0.4 is 5.73 Å². The number of anilines is 1. The molecule has 0 bridgehead atoms. The average Bonchev–Trinajstić information content (AvgIpc) is 2.37. The van der Waals surface area contributed by atoms with Crippen LogP contribution in [0.15, 0.2) is 22.7 Å². The molecule has 0 aliphatic carbocycles. The Morgan fingerprint density at radius 2 is 2.17 bits per heavy atom. The van der Waals surface area contributed by atoms with Gasteiger partial charge in [-0.3, -0.25) is 4.90 Å². The van der Waals surface area contributed by atoms with Gasteiger partial charge >= 0.3 is 0 Å². The van der Waals surface area contributed by atoms with Crippen LogP contribution >= 0.6 is 15.9 Å². The molecule has 1 unspecified atom stereocenters. The van der Waals surface area contributed by atoms with E-state index < -0.39 is 0 Å². The Bertz CT molecular complexity index is 371. The summed E-state index contributed by atoms with van der Waals surface area (Å²) in [4.78, 5) is 2.43. The summed E-state index contributed by atoms with van der Waals surface area (Å²) in [6.45, 7) is 7.11. The molecule has 1 aromatic carbocycles. The Morgan fingerprint density at radius 1 is 1.44 bits per heavy atom. The van der Waals surface area contributed by atoms with Crippen LogP contribution in [0.3, 0.4) is 0 Å². The minimum atomic E-state index is 0.552. The van der Waals surface area contributed by atoms with E-state index in [0.29, 0.717) is 6.04 Å². The number of hydrogen-bond donors (Lipinski definition) is 1. The fourth-order valence-corrected chi connectivity index (χ4v) is 2.25. The maximum atomic E-state index is 5.81. The Kier molecular flexibility index (Phi) is 6.68. The highest BCUT2D eigenvalue weighted by molar-refractivity contribution is 9.10. The quantitative estimate of drug-likeness (QED) is 0.785. The fraction of sp³-hybridized carbons (Fsp3) is 0.571. The van der Waals surface area contributed by atoms with E-state index in [2.05, 4.69) is 46.8 Å². The van der Waals surface area contributed by atoms with Crippen molar-refractivity contribution in [3.63, 3.8) is 0 Å². The number of nitrogens with two attached hydrogens (primary N) is 1. The highest BCUT2D eigenvalue weighted by Crippen LogP contribution is 2.22. The first-order chi connectivity index (χ1) is 8.58. The first-order valence-corrected chi connectivity index (χ1v) is 7.14. The molecule has 0 radical (unpaired) electrons. The second-order valence-corrected chi connectivity index (χ2v) is 5.43. The van der Waals surface area contributed by atoms with Gasteiger partial charge in [0.2, 0.25) is 0 Å². The number of ether oxygens (including phenoxy) is 1. The molecule has 102 valence electrons. The number of methoxy groups -OCH3 is 1. The Labute approximate surface area is 118 Å². The highest BCUT2D eigenvalue weighted by atomic mass is 79.9. The van der Waals surface area contributed by atoms with Gasteiger partial charge in [0.1, 0.15) is 0 Å². The average molecular weight is 315 g/mol. The van der Waals surface area contributed by atoms with Crippen molar-refractivity contribution in [2.45, 2.75) is 32.9 Å². The molecule has 1 atom stereocenters. The first kappa shape index (κ1) is 15.5. The largest absolute Gasteiger partial charge is 0.398 e. The molecular weight excluding hydrogens is 292 g/mol. The fourth-order valence-electron chi connectivity index (χ4n) is 1.83. The summed E-state index contributed by atoms with van der Waals surface area (Å²) in [6, 6.07) is 6.68. The molecule has 4 heteroatoms. The summed E-state index contributed by atoms with van der Waals surface area (Å²) in [7, 11) is 1.74. The number of nitrogens with zero attached hydrogens (tertiary/aromatic N) is 1. The predicted octanol–water partition coefficient (Wildman–Crippen LogP) is 3.28. The lowest BCUT2D eigenvalue weighted by molar-refractivity contribution is 0.118. The lowest BCUT2D eigenvalue weighted by Crippen LogP contribution is -2.34. The van der Waals surface area contributed by atoms with Crippen LogP contribution in [0.5, 0.6) is 0 Å². The molecule has 0 amide bonds. The van der Waals surface area contributed by atoms with E-state index in [1.54, 1.807) is 7.11 Å². The maximum Gasteiger partial charge on any atom is 0.0589 e. The van der Waals surface area contributed by atoms with Gasteiger partial charge in [-0.2, -0.15) is 0 Å². The van der Waals surface area contributed by atoms with Crippen LogP contribution in [0.25, 0.3) is 0 Å². The van der Waals surface area contributed by atoms with Crippen molar-refractivity contribution in [3.8, 4) is 0 Å². The second kappa shape index (κ2) is 7.77. The summed E-state index contributed by atoms with van der Waals surface area (Å²) >= 11 is 3.47. The summed E-state index contributed by atoms with van der Waals surface area (Å²) in [5, 5.41) is 0. The molecule has 2 N–H and O–H groups in total. The van der Waals surface area contributed by atoms with Gasteiger partial charge in [-0.1, -0.05) is 13.0 Å². The summed E-state index contributed by atoms with van der Waals surface area (Å²) in [5.74, 6) is 0. The normalized spacial score (nSPS) is 12.9. The molecule has 0 aromatic heterocycles. The van der Waals surface area contributed by atoms with Crippen molar-refractivity contribution < 1.29 is 4.74 Å². The van der Waals surface area contributed by atoms with Crippen LogP contribution in [0.4, 0.5) is 5.69 Å². The molecule has 3 nitrogen and oxygen atoms in total. The van der Waals surface area contributed by atoms with E-state index in [-0.39, 0.29) is 0 Å². The van der Waals surface area contributed by atoms with E-state index in [1.165, 1.54) is 5.56 Å². The van der Waals surface area contributed by atoms with E-state index in [1.807, 2.05) is 6.07 Å². The number of benzene rings is 1. The maximum absolute atomic E-state index is 5.81. The van der Waals surface area contributed by atoms with Crippen molar-refractivity contribution in [3.05, 3.63) is 28.2 Å². The zero-order valence-electron chi connectivity index (χ0n) is 11.4. The van der Waals surface area contributed by atoms with Crippen molar-refractivity contribution in [2.24, 2.45) is 0 Å². The topological polar surface area (TPSA) is 38.5 Å². The molecule has 0 saturated heterocycles. The Morgan fingerprint density at radius 3 is 2.72 bits per heavy atom. The van der Waals surface area contributed by atoms with Gasteiger partial charge in [-0.25, -0.2) is 0 Å². The predicted molar refractivity (Wildman–Crippen MR) is 80.6 cm³/mol. The van der Waals surface area contributed by atoms with Gasteiger partial charge < -0.3 is 10.5 Å². The van der Waals surface area contributed by atoms with E-state index in [4.69, 9.17) is 10.5 Å². The first-order valence-electron chi connectivity index (χ1n) is 6.35. The standard InChI is InChI=1S/C14H23BrN2O/c1-4-11(2)17(7-8-18-3)10-12-5-6-14(16)13(15)9-12/h5-6,9,11H,4,7-8,10,16H2,1-3H3. The Hall–Kier alpha value is -0.580. The number of rotatable bonds is 7. The van der Waals surface area contributed by atoms with Gasteiger partial charge in [-0.05, 0) is 47.0 Å². The highest BCUT2D eigenvalue weighted by Gasteiger charge is 2.12. The van der Waals surface area contributed by atoms with Crippen LogP contribution in [-0.2, 0) is 11.3 Å². The molecule has 1 rings (SSSR count). The molecule has 0 fully saturated rings. The number of halogens is 1. The monoisotopic (exact) mass is 314 g/mol. The van der Waals surface area contributed by atoms with Gasteiger partial charge in [-0.15, -0.1) is 0 Å². The third-order valence-corrected chi connectivity index (χ3v) is 3.93. The number of hydrogen-bond acceptors (Lipinski definition) is 3. The molecular formula is C14H23BrN2O. The van der Waals surface area contributed by atoms with Gasteiger partial charge in [0.05, 0.1) is 6.61 Å². The molecule has 1 aromatic rings. The molecule has 0 spiro atoms. The smallest absolute Gasteiger partial charge is 0.0589 e. The lowest BCUT2D eigenvalue weighted by Gasteiger charge is -2.28. The van der Waals surface area contributed by atoms with E-state index in [0.717, 1.165) is 36.3 Å². The van der Waals surface area contributed by atoms with E-state index >= 15 is 0 Å². The van der Waals surface area contributed by atoms with Gasteiger partial charge in [0.15, 0.2) is 0 Å². The van der Waals surface area contributed by atoms with Crippen LogP contribution in [0.1, 0.15) is 25.8 Å². The Balaban J connectivity index is 2.71. The van der Waals surface area contributed by atoms with Crippen LogP contribution in [0.2, 0.25) is 0 Å². The van der Waals surface area contributed by atoms with Gasteiger partial charge in [0, 0.05) is 36.4 Å². The van der Waals surface area contributed by atoms with Crippen molar-refractivity contribution in [1.29, 1.82) is 0 Å². The minimum Gasteiger partial charge on any atom is -0.398 e. The number of nitrogen functional groups attached to an aromatic ring is 1. The van der Waals surface area contributed by atoms with Crippen molar-refractivity contribution >= 4 is 21.6 Å². The zero-order chi connectivity index (χ0) is 13.5. The summed E-state index contributed by atoms with van der Waals surface area (Å²) in [6.07, 6.45) is 1.14. The molecule has 0 aliphatic heterocycles. The zero-order valence-corrected chi connectivity index (χ0v) is 13.0. The van der Waals surface area contributed by atoms with Crippen molar-refractivity contribution in [2.75, 3.05) is 26.0 Å². The van der Waals surface area contributed by atoms with Gasteiger partial charge in [0.25, 0.3) is 0 Å². The molecule has 0 saturated carbocycles. The van der Waals surface area contributed by atoms with Crippen LogP contribution in [-0.4, -0.2) is 31.2 Å². The van der Waals surface area contributed by atoms with E-state index in [9.17, 15) is 0 Å². The molecule has 0 aliphatic rings. The third-order valence-electron chi connectivity index (χ3n) is 3.25. The van der Waals surface area contributed by atoms with Crippen LogP contribution in [0, 0.1) is 0 Å². The third kappa shape index (κ3) is 4.59.